The summed E-state index contributed by atoms with van der Waals surface area (Å²) in [4.78, 5) is 25.3. The average molecular weight is 413 g/mol. The van der Waals surface area contributed by atoms with Crippen molar-refractivity contribution in [3.05, 3.63) is 53.6 Å². The molecule has 160 valence electrons. The van der Waals surface area contributed by atoms with E-state index in [1.54, 1.807) is 12.1 Å². The smallest absolute Gasteiger partial charge is 0.331 e. The highest BCUT2D eigenvalue weighted by Crippen LogP contribution is 2.39. The molecule has 1 saturated carbocycles. The molecule has 3 rings (SSSR count). The first kappa shape index (κ1) is 21.5. The molecule has 1 aliphatic rings. The Hall–Kier alpha value is -3.22. The molecular weight excluding hydrogens is 386 g/mol. The number of hydrogen-bond donors (Lipinski definition) is 1. The second-order valence-corrected chi connectivity index (χ2v) is 7.22. The van der Waals surface area contributed by atoms with Crippen LogP contribution in [-0.4, -0.2) is 38.7 Å². The van der Waals surface area contributed by atoms with Gasteiger partial charge in [-0.15, -0.1) is 0 Å². The summed E-state index contributed by atoms with van der Waals surface area (Å²) < 4.78 is 21.8. The Balaban J connectivity index is 1.85. The standard InChI is InChI=1S/C23H27NO6/c1-27-18-13-17(21(25)24-23(22(26)29-3)11-7-8-12-23)14-19(28-2)20(18)30-15-16-9-5-4-6-10-16/h4-6,9-10,13-14H,7-8,11-12,15H2,1-3H3,(H,24,25). The van der Waals surface area contributed by atoms with Gasteiger partial charge in [0, 0.05) is 5.56 Å². The Bertz CT molecular complexity index is 865. The molecule has 0 heterocycles. The molecule has 0 aromatic heterocycles. The quantitative estimate of drug-likeness (QED) is 0.667. The number of benzene rings is 2. The molecule has 30 heavy (non-hydrogen) atoms. The Morgan fingerprint density at radius 2 is 1.57 bits per heavy atom. The molecule has 0 unspecified atom stereocenters. The van der Waals surface area contributed by atoms with Crippen LogP contribution in [0, 0.1) is 0 Å². The van der Waals surface area contributed by atoms with Crippen molar-refractivity contribution in [3.63, 3.8) is 0 Å². The van der Waals surface area contributed by atoms with E-state index in [0.29, 0.717) is 42.3 Å². The number of ether oxygens (including phenoxy) is 4. The van der Waals surface area contributed by atoms with Crippen LogP contribution in [0.2, 0.25) is 0 Å². The van der Waals surface area contributed by atoms with E-state index in [4.69, 9.17) is 18.9 Å². The van der Waals surface area contributed by atoms with Gasteiger partial charge in [0.15, 0.2) is 11.5 Å². The number of methoxy groups -OCH3 is 3. The third-order valence-corrected chi connectivity index (χ3v) is 5.33. The lowest BCUT2D eigenvalue weighted by atomic mass is 9.97. The molecule has 2 aromatic rings. The maximum absolute atomic E-state index is 13.0. The summed E-state index contributed by atoms with van der Waals surface area (Å²) in [5.74, 6) is 0.329. The molecule has 0 saturated heterocycles. The number of carbonyl (C=O) groups excluding carboxylic acids is 2. The zero-order valence-electron chi connectivity index (χ0n) is 17.5. The van der Waals surface area contributed by atoms with Gasteiger partial charge in [0.1, 0.15) is 12.1 Å². The van der Waals surface area contributed by atoms with Crippen LogP contribution in [0.1, 0.15) is 41.6 Å². The van der Waals surface area contributed by atoms with Crippen LogP contribution >= 0.6 is 0 Å². The molecule has 7 heteroatoms. The Morgan fingerprint density at radius 3 is 2.10 bits per heavy atom. The van der Waals surface area contributed by atoms with Crippen LogP contribution < -0.4 is 19.5 Å². The predicted octanol–water partition coefficient (Wildman–Crippen LogP) is 3.50. The molecule has 2 aromatic carbocycles. The molecular formula is C23H27NO6. The van der Waals surface area contributed by atoms with Gasteiger partial charge < -0.3 is 24.3 Å². The van der Waals surface area contributed by atoms with Gasteiger partial charge in [0.25, 0.3) is 5.91 Å². The first-order valence-electron chi connectivity index (χ1n) is 9.86. The van der Waals surface area contributed by atoms with E-state index in [1.165, 1.54) is 21.3 Å². The van der Waals surface area contributed by atoms with Gasteiger partial charge in [-0.3, -0.25) is 4.79 Å². The van der Waals surface area contributed by atoms with Gasteiger partial charge in [-0.25, -0.2) is 4.79 Å². The second kappa shape index (κ2) is 9.52. The Kier molecular flexibility index (Phi) is 6.82. The fourth-order valence-corrected chi connectivity index (χ4v) is 3.73. The highest BCUT2D eigenvalue weighted by molar-refractivity contribution is 5.99. The second-order valence-electron chi connectivity index (χ2n) is 7.22. The molecule has 1 aliphatic carbocycles. The van der Waals surface area contributed by atoms with Crippen molar-refractivity contribution in [2.45, 2.75) is 37.8 Å². The third kappa shape index (κ3) is 4.50. The third-order valence-electron chi connectivity index (χ3n) is 5.33. The summed E-state index contributed by atoms with van der Waals surface area (Å²) in [5, 5.41) is 2.87. The minimum absolute atomic E-state index is 0.311. The zero-order valence-corrected chi connectivity index (χ0v) is 17.5. The molecule has 0 atom stereocenters. The molecule has 7 nitrogen and oxygen atoms in total. The summed E-state index contributed by atoms with van der Waals surface area (Å²) in [6.45, 7) is 0.324. The number of carbonyl (C=O) groups is 2. The van der Waals surface area contributed by atoms with Gasteiger partial charge >= 0.3 is 5.97 Å². The van der Waals surface area contributed by atoms with Crippen molar-refractivity contribution in [1.29, 1.82) is 0 Å². The molecule has 1 N–H and O–H groups in total. The van der Waals surface area contributed by atoms with Gasteiger partial charge in [0.2, 0.25) is 5.75 Å². The topological polar surface area (TPSA) is 83.1 Å². The maximum atomic E-state index is 13.0. The van der Waals surface area contributed by atoms with E-state index in [-0.39, 0.29) is 0 Å². The highest BCUT2D eigenvalue weighted by Gasteiger charge is 2.43. The molecule has 0 spiro atoms. The summed E-state index contributed by atoms with van der Waals surface area (Å²) in [6, 6.07) is 12.9. The molecule has 1 amide bonds. The van der Waals surface area contributed by atoms with Crippen molar-refractivity contribution < 1.29 is 28.5 Å². The fraction of sp³-hybridized carbons (Fsp3) is 0.391. The molecule has 0 bridgehead atoms. The van der Waals surface area contributed by atoms with E-state index in [0.717, 1.165) is 18.4 Å². The monoisotopic (exact) mass is 413 g/mol. The highest BCUT2D eigenvalue weighted by atomic mass is 16.5. The summed E-state index contributed by atoms with van der Waals surface area (Å²) >= 11 is 0. The molecule has 0 aliphatic heterocycles. The van der Waals surface area contributed by atoms with Gasteiger partial charge in [0.05, 0.1) is 21.3 Å². The average Bonchev–Trinajstić information content (AvgIpc) is 3.26. The van der Waals surface area contributed by atoms with E-state index in [9.17, 15) is 9.59 Å². The van der Waals surface area contributed by atoms with E-state index < -0.39 is 17.4 Å². The van der Waals surface area contributed by atoms with Gasteiger partial charge in [-0.05, 0) is 30.5 Å². The van der Waals surface area contributed by atoms with E-state index in [1.807, 2.05) is 30.3 Å². The van der Waals surface area contributed by atoms with Gasteiger partial charge in [-0.1, -0.05) is 43.2 Å². The number of nitrogens with one attached hydrogen (secondary N) is 1. The first-order chi connectivity index (χ1) is 14.5. The van der Waals surface area contributed by atoms with Crippen molar-refractivity contribution >= 4 is 11.9 Å². The lowest BCUT2D eigenvalue weighted by Crippen LogP contribution is -2.53. The minimum Gasteiger partial charge on any atom is -0.493 e. The van der Waals surface area contributed by atoms with Crippen molar-refractivity contribution in [2.75, 3.05) is 21.3 Å². The normalized spacial score (nSPS) is 14.6. The van der Waals surface area contributed by atoms with Crippen molar-refractivity contribution in [3.8, 4) is 17.2 Å². The van der Waals surface area contributed by atoms with Gasteiger partial charge in [-0.2, -0.15) is 0 Å². The number of esters is 1. The zero-order chi connectivity index (χ0) is 21.6. The van der Waals surface area contributed by atoms with Crippen LogP contribution in [0.15, 0.2) is 42.5 Å². The van der Waals surface area contributed by atoms with Crippen LogP contribution in [-0.2, 0) is 16.1 Å². The van der Waals surface area contributed by atoms with Crippen LogP contribution in [0.3, 0.4) is 0 Å². The lowest BCUT2D eigenvalue weighted by Gasteiger charge is -2.27. The number of hydrogen-bond acceptors (Lipinski definition) is 6. The van der Waals surface area contributed by atoms with Crippen LogP contribution in [0.5, 0.6) is 17.2 Å². The number of amides is 1. The Morgan fingerprint density at radius 1 is 0.967 bits per heavy atom. The number of rotatable bonds is 8. The van der Waals surface area contributed by atoms with Crippen molar-refractivity contribution in [1.82, 2.24) is 5.32 Å². The van der Waals surface area contributed by atoms with Crippen LogP contribution in [0.4, 0.5) is 0 Å². The molecule has 0 radical (unpaired) electrons. The largest absolute Gasteiger partial charge is 0.493 e. The fourth-order valence-electron chi connectivity index (χ4n) is 3.73. The van der Waals surface area contributed by atoms with Crippen molar-refractivity contribution in [2.24, 2.45) is 0 Å². The van der Waals surface area contributed by atoms with E-state index in [2.05, 4.69) is 5.32 Å². The SMILES string of the molecule is COC(=O)C1(NC(=O)c2cc(OC)c(OCc3ccccc3)c(OC)c2)CCCC1. The maximum Gasteiger partial charge on any atom is 0.331 e. The first-order valence-corrected chi connectivity index (χ1v) is 9.86. The lowest BCUT2D eigenvalue weighted by molar-refractivity contribution is -0.148. The molecule has 1 fully saturated rings. The summed E-state index contributed by atoms with van der Waals surface area (Å²) in [7, 11) is 4.33. The predicted molar refractivity (Wildman–Crippen MR) is 111 cm³/mol. The minimum atomic E-state index is -0.991. The summed E-state index contributed by atoms with van der Waals surface area (Å²) in [5.41, 5.74) is 0.310. The van der Waals surface area contributed by atoms with E-state index >= 15 is 0 Å². The van der Waals surface area contributed by atoms with Crippen LogP contribution in [0.25, 0.3) is 0 Å². The Labute approximate surface area is 176 Å². The summed E-state index contributed by atoms with van der Waals surface area (Å²) in [6.07, 6.45) is 2.82.